The lowest BCUT2D eigenvalue weighted by Gasteiger charge is -2.40. The number of alkyl halides is 1. The predicted molar refractivity (Wildman–Crippen MR) is 126 cm³/mol. The molecule has 9 nitrogen and oxygen atoms in total. The van der Waals surface area contributed by atoms with E-state index in [2.05, 4.69) is 10.3 Å². The quantitative estimate of drug-likeness (QED) is 0.403. The third-order valence-corrected chi connectivity index (χ3v) is 5.99. The van der Waals surface area contributed by atoms with Crippen LogP contribution >= 0.6 is 0 Å². The van der Waals surface area contributed by atoms with Crippen molar-refractivity contribution < 1.29 is 32.9 Å². The fraction of sp³-hybridized carbons (Fsp3) is 0.708. The molecule has 1 aromatic heterocycles. The molecule has 0 spiro atoms. The minimum atomic E-state index is -1.14. The standard InChI is InChI=1S/C24H38FN3O6/c1-7-24(8-2,22(30)33-9-3)27-20(29)18-10-11-19(28-12-17(13-28)31-6)21(26-18)34-15-23(4,5)14-32-16-25/h10-11,17H,7-9,12-16H2,1-6H3,(H,27,29). The first-order valence-corrected chi connectivity index (χ1v) is 11.7. The van der Waals surface area contributed by atoms with Crippen molar-refractivity contribution in [2.75, 3.05) is 51.8 Å². The van der Waals surface area contributed by atoms with E-state index in [4.69, 9.17) is 18.9 Å². The van der Waals surface area contributed by atoms with Crippen LogP contribution in [0.25, 0.3) is 0 Å². The maximum atomic E-state index is 13.1. The third kappa shape index (κ3) is 6.79. The number of pyridine rings is 1. The number of nitrogens with one attached hydrogen (secondary N) is 1. The second-order valence-electron chi connectivity index (χ2n) is 9.16. The summed E-state index contributed by atoms with van der Waals surface area (Å²) in [7, 11) is 1.66. The van der Waals surface area contributed by atoms with Crippen molar-refractivity contribution in [3.63, 3.8) is 0 Å². The van der Waals surface area contributed by atoms with E-state index in [0.29, 0.717) is 25.9 Å². The summed E-state index contributed by atoms with van der Waals surface area (Å²) in [5.41, 5.74) is -0.759. The number of aromatic nitrogens is 1. The smallest absolute Gasteiger partial charge is 0.331 e. The van der Waals surface area contributed by atoms with Crippen molar-refractivity contribution in [1.29, 1.82) is 0 Å². The summed E-state index contributed by atoms with van der Waals surface area (Å²) in [6.45, 7) is 10.2. The molecule has 0 aromatic carbocycles. The zero-order chi connectivity index (χ0) is 25.4. The van der Waals surface area contributed by atoms with Crippen LogP contribution < -0.4 is 15.0 Å². The van der Waals surface area contributed by atoms with Crippen LogP contribution in [0.1, 0.15) is 57.9 Å². The van der Waals surface area contributed by atoms with E-state index in [1.807, 2.05) is 32.6 Å². The van der Waals surface area contributed by atoms with Gasteiger partial charge in [-0.1, -0.05) is 27.7 Å². The molecule has 1 aromatic rings. The summed E-state index contributed by atoms with van der Waals surface area (Å²) < 4.78 is 33.9. The lowest BCUT2D eigenvalue weighted by Crippen LogP contribution is -2.54. The highest BCUT2D eigenvalue weighted by atomic mass is 19.1. The van der Waals surface area contributed by atoms with Crippen molar-refractivity contribution in [1.82, 2.24) is 10.3 Å². The number of esters is 1. The van der Waals surface area contributed by atoms with Gasteiger partial charge in [0.05, 0.1) is 25.9 Å². The monoisotopic (exact) mass is 483 g/mol. The first kappa shape index (κ1) is 27.8. The molecule has 0 unspecified atom stereocenters. The van der Waals surface area contributed by atoms with E-state index >= 15 is 0 Å². The van der Waals surface area contributed by atoms with Crippen molar-refractivity contribution in [3.8, 4) is 5.88 Å². The van der Waals surface area contributed by atoms with Gasteiger partial charge in [-0.3, -0.25) is 4.79 Å². The van der Waals surface area contributed by atoms with Gasteiger partial charge in [-0.2, -0.15) is 0 Å². The molecule has 1 N–H and O–H groups in total. The van der Waals surface area contributed by atoms with Gasteiger partial charge in [0.1, 0.15) is 16.9 Å². The van der Waals surface area contributed by atoms with Gasteiger partial charge in [0.15, 0.2) is 6.86 Å². The summed E-state index contributed by atoms with van der Waals surface area (Å²) in [6, 6.07) is 3.38. The first-order chi connectivity index (χ1) is 16.1. The minimum absolute atomic E-state index is 0.115. The van der Waals surface area contributed by atoms with E-state index in [1.54, 1.807) is 26.2 Å². The molecule has 2 heterocycles. The number of carbonyl (C=O) groups is 2. The number of methoxy groups -OCH3 is 1. The van der Waals surface area contributed by atoms with Gasteiger partial charge in [0.2, 0.25) is 5.88 Å². The molecule has 0 atom stereocenters. The maximum absolute atomic E-state index is 13.1. The van der Waals surface area contributed by atoms with E-state index < -0.39 is 29.7 Å². The van der Waals surface area contributed by atoms with Gasteiger partial charge in [0.25, 0.3) is 5.91 Å². The van der Waals surface area contributed by atoms with Gasteiger partial charge in [0, 0.05) is 25.6 Å². The Kier molecular flexibility index (Phi) is 10.1. The van der Waals surface area contributed by atoms with Gasteiger partial charge in [-0.25, -0.2) is 14.2 Å². The summed E-state index contributed by atoms with van der Waals surface area (Å²) in [5, 5.41) is 2.82. The van der Waals surface area contributed by atoms with Crippen LogP contribution in [0, 0.1) is 5.41 Å². The maximum Gasteiger partial charge on any atom is 0.331 e. The highest BCUT2D eigenvalue weighted by Gasteiger charge is 2.39. The van der Waals surface area contributed by atoms with Crippen LogP contribution in [0.2, 0.25) is 0 Å². The molecule has 1 aliphatic rings. The van der Waals surface area contributed by atoms with Gasteiger partial charge < -0.3 is 29.2 Å². The largest absolute Gasteiger partial charge is 0.476 e. The fourth-order valence-electron chi connectivity index (χ4n) is 3.63. The molecule has 0 saturated carbocycles. The van der Waals surface area contributed by atoms with Crippen LogP contribution in [-0.2, 0) is 19.0 Å². The van der Waals surface area contributed by atoms with Crippen molar-refractivity contribution in [2.24, 2.45) is 5.41 Å². The number of hydrogen-bond donors (Lipinski definition) is 1. The summed E-state index contributed by atoms with van der Waals surface area (Å²) in [6.07, 6.45) is 0.874. The Hall–Kier alpha value is -2.46. The molecule has 1 fully saturated rings. The molecule has 0 radical (unpaired) electrons. The molecule has 1 saturated heterocycles. The Balaban J connectivity index is 2.28. The predicted octanol–water partition coefficient (Wildman–Crippen LogP) is 3.12. The lowest BCUT2D eigenvalue weighted by atomic mass is 9.92. The van der Waals surface area contributed by atoms with Crippen LogP contribution in [-0.4, -0.2) is 75.4 Å². The van der Waals surface area contributed by atoms with Crippen LogP contribution in [0.5, 0.6) is 5.88 Å². The number of hydrogen-bond acceptors (Lipinski definition) is 8. The normalized spacial score (nSPS) is 14.5. The van der Waals surface area contributed by atoms with Gasteiger partial charge in [-0.05, 0) is 31.9 Å². The van der Waals surface area contributed by atoms with Gasteiger partial charge in [-0.15, -0.1) is 0 Å². The van der Waals surface area contributed by atoms with E-state index in [1.165, 1.54) is 0 Å². The number of nitrogens with zero attached hydrogens (tertiary/aromatic N) is 2. The van der Waals surface area contributed by atoms with Gasteiger partial charge >= 0.3 is 5.97 Å². The molecule has 1 aliphatic heterocycles. The van der Waals surface area contributed by atoms with E-state index in [-0.39, 0.29) is 37.5 Å². The van der Waals surface area contributed by atoms with Crippen molar-refractivity contribution in [2.45, 2.75) is 59.1 Å². The second-order valence-corrected chi connectivity index (χ2v) is 9.16. The first-order valence-electron chi connectivity index (χ1n) is 11.7. The van der Waals surface area contributed by atoms with Crippen LogP contribution in [0.3, 0.4) is 0 Å². The number of rotatable bonds is 14. The number of carbonyl (C=O) groups excluding carboxylic acids is 2. The summed E-state index contributed by atoms with van der Waals surface area (Å²) >= 11 is 0. The molecular formula is C24H38FN3O6. The molecule has 0 aliphatic carbocycles. The summed E-state index contributed by atoms with van der Waals surface area (Å²) in [5.74, 6) is -0.681. The summed E-state index contributed by atoms with van der Waals surface area (Å²) in [4.78, 5) is 32.2. The number of ether oxygens (including phenoxy) is 4. The molecule has 10 heteroatoms. The van der Waals surface area contributed by atoms with E-state index in [0.717, 1.165) is 5.69 Å². The lowest BCUT2D eigenvalue weighted by molar-refractivity contribution is -0.151. The fourth-order valence-corrected chi connectivity index (χ4v) is 3.63. The number of anilines is 1. The number of amides is 1. The van der Waals surface area contributed by atoms with Crippen molar-refractivity contribution >= 4 is 17.6 Å². The molecule has 192 valence electrons. The zero-order valence-corrected chi connectivity index (χ0v) is 21.1. The minimum Gasteiger partial charge on any atom is -0.476 e. The average molecular weight is 484 g/mol. The molecule has 0 bridgehead atoms. The zero-order valence-electron chi connectivity index (χ0n) is 21.1. The highest BCUT2D eigenvalue weighted by molar-refractivity contribution is 5.97. The molecule has 1 amide bonds. The Morgan fingerprint density at radius 3 is 2.41 bits per heavy atom. The van der Waals surface area contributed by atoms with Crippen LogP contribution in [0.4, 0.5) is 10.1 Å². The third-order valence-electron chi connectivity index (χ3n) is 5.99. The Bertz CT molecular complexity index is 825. The Labute approximate surface area is 201 Å². The van der Waals surface area contributed by atoms with Crippen LogP contribution in [0.15, 0.2) is 12.1 Å². The number of halogens is 1. The highest BCUT2D eigenvalue weighted by Crippen LogP contribution is 2.32. The SMILES string of the molecule is CCOC(=O)C(CC)(CC)NC(=O)c1ccc(N2CC(OC)C2)c(OCC(C)(C)COCF)n1. The van der Waals surface area contributed by atoms with Crippen molar-refractivity contribution in [3.05, 3.63) is 17.8 Å². The average Bonchev–Trinajstić information content (AvgIpc) is 2.79. The molecule has 2 rings (SSSR count). The topological polar surface area (TPSA) is 99.2 Å². The second kappa shape index (κ2) is 12.3. The molecular weight excluding hydrogens is 445 g/mol. The Morgan fingerprint density at radius 1 is 1.18 bits per heavy atom. The molecule has 34 heavy (non-hydrogen) atoms. The Morgan fingerprint density at radius 2 is 1.85 bits per heavy atom. The van der Waals surface area contributed by atoms with E-state index in [9.17, 15) is 14.0 Å².